The van der Waals surface area contributed by atoms with E-state index in [0.29, 0.717) is 6.42 Å². The first-order valence-electron chi connectivity index (χ1n) is 6.74. The van der Waals surface area contributed by atoms with E-state index in [4.69, 9.17) is 5.53 Å². The Labute approximate surface area is 122 Å². The normalized spacial score (nSPS) is 17.1. The molecule has 0 saturated heterocycles. The fourth-order valence-electron chi connectivity index (χ4n) is 2.68. The van der Waals surface area contributed by atoms with Crippen LogP contribution in [0.2, 0.25) is 0 Å². The number of carbonyl (C=O) groups is 1. The van der Waals surface area contributed by atoms with Crippen molar-refractivity contribution in [3.8, 4) is 0 Å². The highest BCUT2D eigenvalue weighted by Gasteiger charge is 2.33. The lowest BCUT2D eigenvalue weighted by molar-refractivity contribution is -0.119. The highest BCUT2D eigenvalue weighted by molar-refractivity contribution is 6.06. The molecule has 1 unspecified atom stereocenters. The molecular formula is C16H14N4O. The molecule has 0 spiro atoms. The maximum absolute atomic E-state index is 12.7. The maximum atomic E-state index is 12.7. The van der Waals surface area contributed by atoms with Crippen LogP contribution >= 0.6 is 0 Å². The fourth-order valence-corrected chi connectivity index (χ4v) is 2.68. The highest BCUT2D eigenvalue weighted by atomic mass is 16.2. The molecule has 0 aromatic heterocycles. The number of fused-ring (bicyclic) bond motifs is 1. The standard InChI is InChI=1S/C16H14N4O/c1-11-6-2-4-8-14(11)20-15-9-5-3-7-12(15)10-13(16(20)21)18-19-17/h2-9,13H,10H2,1H3. The summed E-state index contributed by atoms with van der Waals surface area (Å²) in [5, 5.41) is 3.66. The van der Waals surface area contributed by atoms with Gasteiger partial charge in [-0.1, -0.05) is 41.5 Å². The average molecular weight is 278 g/mol. The van der Waals surface area contributed by atoms with Crippen LogP contribution in [0.25, 0.3) is 10.4 Å². The predicted octanol–water partition coefficient (Wildman–Crippen LogP) is 3.89. The summed E-state index contributed by atoms with van der Waals surface area (Å²) in [6, 6.07) is 14.7. The molecule has 1 atom stereocenters. The molecule has 0 aliphatic carbocycles. The van der Waals surface area contributed by atoms with Gasteiger partial charge in [0.05, 0.1) is 11.4 Å². The minimum absolute atomic E-state index is 0.180. The summed E-state index contributed by atoms with van der Waals surface area (Å²) in [6.07, 6.45) is 0.446. The van der Waals surface area contributed by atoms with Gasteiger partial charge in [-0.3, -0.25) is 9.69 Å². The molecule has 5 heteroatoms. The van der Waals surface area contributed by atoms with Crippen LogP contribution in [-0.4, -0.2) is 11.9 Å². The topological polar surface area (TPSA) is 69.1 Å². The molecule has 5 nitrogen and oxygen atoms in total. The van der Waals surface area contributed by atoms with E-state index in [9.17, 15) is 4.79 Å². The summed E-state index contributed by atoms with van der Waals surface area (Å²) < 4.78 is 0. The second kappa shape index (κ2) is 5.31. The lowest BCUT2D eigenvalue weighted by Gasteiger charge is -2.33. The molecule has 1 aliphatic rings. The van der Waals surface area contributed by atoms with Crippen molar-refractivity contribution in [2.75, 3.05) is 4.90 Å². The number of anilines is 2. The molecule has 3 rings (SSSR count). The third-order valence-electron chi connectivity index (χ3n) is 3.70. The molecule has 0 fully saturated rings. The number of amides is 1. The first-order chi connectivity index (χ1) is 10.2. The number of carbonyl (C=O) groups excluding carboxylic acids is 1. The van der Waals surface area contributed by atoms with Crippen LogP contribution < -0.4 is 4.90 Å². The Kier molecular flexibility index (Phi) is 3.34. The first-order valence-corrected chi connectivity index (χ1v) is 6.74. The third-order valence-corrected chi connectivity index (χ3v) is 3.70. The van der Waals surface area contributed by atoms with Gasteiger partial charge in [0.25, 0.3) is 0 Å². The molecule has 104 valence electrons. The van der Waals surface area contributed by atoms with Crippen molar-refractivity contribution in [1.82, 2.24) is 0 Å². The number of hydrogen-bond donors (Lipinski definition) is 0. The molecule has 0 bridgehead atoms. The van der Waals surface area contributed by atoms with E-state index >= 15 is 0 Å². The van der Waals surface area contributed by atoms with Crippen molar-refractivity contribution < 1.29 is 4.79 Å². The quantitative estimate of drug-likeness (QED) is 0.466. The summed E-state index contributed by atoms with van der Waals surface area (Å²) in [7, 11) is 0. The van der Waals surface area contributed by atoms with E-state index in [0.717, 1.165) is 22.5 Å². The van der Waals surface area contributed by atoms with E-state index in [1.807, 2.05) is 55.5 Å². The highest BCUT2D eigenvalue weighted by Crippen LogP contribution is 2.36. The molecule has 1 amide bonds. The van der Waals surface area contributed by atoms with Crippen LogP contribution in [-0.2, 0) is 11.2 Å². The molecular weight excluding hydrogens is 264 g/mol. The van der Waals surface area contributed by atoms with Gasteiger partial charge in [0.15, 0.2) is 0 Å². The molecule has 1 aliphatic heterocycles. The number of hydrogen-bond acceptors (Lipinski definition) is 2. The van der Waals surface area contributed by atoms with Gasteiger partial charge >= 0.3 is 0 Å². The van der Waals surface area contributed by atoms with E-state index < -0.39 is 6.04 Å². The average Bonchev–Trinajstić information content (AvgIpc) is 2.50. The van der Waals surface area contributed by atoms with Gasteiger partial charge in [0.2, 0.25) is 5.91 Å². The van der Waals surface area contributed by atoms with E-state index in [1.54, 1.807) is 4.90 Å². The van der Waals surface area contributed by atoms with Crippen molar-refractivity contribution in [2.45, 2.75) is 19.4 Å². The second-order valence-electron chi connectivity index (χ2n) is 5.01. The smallest absolute Gasteiger partial charge is 0.240 e. The first kappa shape index (κ1) is 13.2. The monoisotopic (exact) mass is 278 g/mol. The second-order valence-corrected chi connectivity index (χ2v) is 5.01. The van der Waals surface area contributed by atoms with E-state index in [1.165, 1.54) is 0 Å². The number of para-hydroxylation sites is 2. The Balaban J connectivity index is 2.19. The molecule has 21 heavy (non-hydrogen) atoms. The zero-order chi connectivity index (χ0) is 14.8. The minimum atomic E-state index is -0.690. The van der Waals surface area contributed by atoms with Crippen LogP contribution in [0.15, 0.2) is 53.6 Å². The molecule has 0 radical (unpaired) electrons. The van der Waals surface area contributed by atoms with E-state index in [2.05, 4.69) is 10.0 Å². The van der Waals surface area contributed by atoms with Gasteiger partial charge in [-0.15, -0.1) is 0 Å². The molecule has 2 aromatic rings. The van der Waals surface area contributed by atoms with Crippen LogP contribution in [0, 0.1) is 6.92 Å². The van der Waals surface area contributed by atoms with Gasteiger partial charge in [-0.25, -0.2) is 0 Å². The number of benzene rings is 2. The number of azide groups is 1. The van der Waals surface area contributed by atoms with Gasteiger partial charge in [0.1, 0.15) is 6.04 Å². The number of nitrogens with zero attached hydrogens (tertiary/aromatic N) is 4. The summed E-state index contributed by atoms with van der Waals surface area (Å²) >= 11 is 0. The van der Waals surface area contributed by atoms with Crippen LogP contribution in [0.1, 0.15) is 11.1 Å². The largest absolute Gasteiger partial charge is 0.280 e. The lowest BCUT2D eigenvalue weighted by atomic mass is 9.96. The molecule has 0 saturated carbocycles. The lowest BCUT2D eigenvalue weighted by Crippen LogP contribution is -2.40. The zero-order valence-electron chi connectivity index (χ0n) is 11.6. The van der Waals surface area contributed by atoms with Crippen molar-refractivity contribution in [2.24, 2.45) is 5.11 Å². The molecule has 1 heterocycles. The van der Waals surface area contributed by atoms with Crippen molar-refractivity contribution in [3.05, 3.63) is 70.1 Å². The third kappa shape index (κ3) is 2.24. The van der Waals surface area contributed by atoms with E-state index in [-0.39, 0.29) is 5.91 Å². The summed E-state index contributed by atoms with van der Waals surface area (Å²) in [5.74, 6) is -0.180. The maximum Gasteiger partial charge on any atom is 0.240 e. The minimum Gasteiger partial charge on any atom is -0.280 e. The van der Waals surface area contributed by atoms with Gasteiger partial charge < -0.3 is 0 Å². The number of aryl methyl sites for hydroxylation is 1. The van der Waals surface area contributed by atoms with Crippen molar-refractivity contribution in [3.63, 3.8) is 0 Å². The Morgan fingerprint density at radius 2 is 1.81 bits per heavy atom. The van der Waals surface area contributed by atoms with Crippen molar-refractivity contribution >= 4 is 17.3 Å². The summed E-state index contributed by atoms with van der Waals surface area (Å²) in [6.45, 7) is 1.96. The Bertz CT molecular complexity index is 749. The summed E-state index contributed by atoms with van der Waals surface area (Å²) in [4.78, 5) is 17.2. The van der Waals surface area contributed by atoms with Crippen LogP contribution in [0.5, 0.6) is 0 Å². The number of rotatable bonds is 2. The van der Waals surface area contributed by atoms with Gasteiger partial charge in [-0.2, -0.15) is 0 Å². The van der Waals surface area contributed by atoms with Crippen molar-refractivity contribution in [1.29, 1.82) is 0 Å². The predicted molar refractivity (Wildman–Crippen MR) is 81.4 cm³/mol. The SMILES string of the molecule is Cc1ccccc1N1C(=O)C(N=[N+]=[N-])Cc2ccccc21. The zero-order valence-corrected chi connectivity index (χ0v) is 11.6. The van der Waals surface area contributed by atoms with Gasteiger partial charge in [0, 0.05) is 4.91 Å². The van der Waals surface area contributed by atoms with Crippen LogP contribution in [0.3, 0.4) is 0 Å². The Morgan fingerprint density at radius 3 is 2.52 bits per heavy atom. The Hall–Kier alpha value is -2.78. The fraction of sp³-hybridized carbons (Fsp3) is 0.188. The molecule has 2 aromatic carbocycles. The van der Waals surface area contributed by atoms with Gasteiger partial charge in [-0.05, 0) is 42.1 Å². The molecule has 0 N–H and O–H groups in total. The Morgan fingerprint density at radius 1 is 1.14 bits per heavy atom. The van der Waals surface area contributed by atoms with Crippen LogP contribution in [0.4, 0.5) is 11.4 Å². The summed E-state index contributed by atoms with van der Waals surface area (Å²) in [5.41, 5.74) is 12.4.